The lowest BCUT2D eigenvalue weighted by Crippen LogP contribution is -2.62. The van der Waals surface area contributed by atoms with Gasteiger partial charge in [-0.05, 0) is 49.9 Å². The molecule has 0 aromatic carbocycles. The predicted molar refractivity (Wildman–Crippen MR) is 63.8 cm³/mol. The molecule has 1 spiro atoms. The van der Waals surface area contributed by atoms with Gasteiger partial charge < -0.3 is 0 Å². The maximum Gasteiger partial charge on any atom is 0.0624 e. The molecule has 3 aliphatic rings. The molecule has 0 amide bonds. The van der Waals surface area contributed by atoms with Crippen LogP contribution in [0.1, 0.15) is 51.4 Å². The third-order valence-electron chi connectivity index (χ3n) is 5.20. The summed E-state index contributed by atoms with van der Waals surface area (Å²) in [5.74, 6) is 0.709. The minimum absolute atomic E-state index is 0.709. The van der Waals surface area contributed by atoms with Gasteiger partial charge in [0.05, 0.1) is 6.07 Å². The van der Waals surface area contributed by atoms with Gasteiger partial charge >= 0.3 is 0 Å². The molecule has 0 bridgehead atoms. The molecule has 2 nitrogen and oxygen atoms in total. The van der Waals surface area contributed by atoms with Crippen LogP contribution in [0.5, 0.6) is 0 Å². The lowest BCUT2D eigenvalue weighted by Gasteiger charge is -2.59. The highest BCUT2D eigenvalue weighted by molar-refractivity contribution is 5.02. The zero-order chi connectivity index (χ0) is 11.0. The highest BCUT2D eigenvalue weighted by Gasteiger charge is 2.49. The van der Waals surface area contributed by atoms with Crippen molar-refractivity contribution in [3.8, 4) is 6.07 Å². The molecule has 1 saturated heterocycles. The van der Waals surface area contributed by atoms with Crippen LogP contribution in [0.15, 0.2) is 0 Å². The van der Waals surface area contributed by atoms with Crippen LogP contribution in [0.2, 0.25) is 0 Å². The predicted octanol–water partition coefficient (Wildman–Crippen LogP) is 2.94. The van der Waals surface area contributed by atoms with Gasteiger partial charge in [-0.1, -0.05) is 6.42 Å². The summed E-state index contributed by atoms with van der Waals surface area (Å²) in [6, 6.07) is 3.19. The second-order valence-electron chi connectivity index (χ2n) is 6.30. The maximum absolute atomic E-state index is 8.70. The summed E-state index contributed by atoms with van der Waals surface area (Å²) in [7, 11) is 0. The molecule has 1 aliphatic heterocycles. The molecule has 16 heavy (non-hydrogen) atoms. The van der Waals surface area contributed by atoms with Gasteiger partial charge in [-0.2, -0.15) is 5.26 Å². The Kier molecular flexibility index (Phi) is 2.67. The Hall–Kier alpha value is -0.550. The van der Waals surface area contributed by atoms with Crippen molar-refractivity contribution in [2.75, 3.05) is 13.1 Å². The quantitative estimate of drug-likeness (QED) is 0.712. The molecule has 0 aromatic heterocycles. The maximum atomic E-state index is 8.70. The number of hydrogen-bond acceptors (Lipinski definition) is 2. The van der Waals surface area contributed by atoms with E-state index in [4.69, 9.17) is 5.26 Å². The lowest BCUT2D eigenvalue weighted by molar-refractivity contribution is -0.0914. The van der Waals surface area contributed by atoms with Crippen LogP contribution in [0.25, 0.3) is 0 Å². The molecule has 0 atom stereocenters. The first-order valence-corrected chi connectivity index (χ1v) is 6.92. The lowest BCUT2D eigenvalue weighted by atomic mass is 9.62. The second kappa shape index (κ2) is 4.04. The molecule has 0 radical (unpaired) electrons. The number of nitriles is 1. The van der Waals surface area contributed by atoms with E-state index in [2.05, 4.69) is 11.0 Å². The molecular formula is C14H22N2. The van der Waals surface area contributed by atoms with Crippen molar-refractivity contribution in [3.63, 3.8) is 0 Å². The topological polar surface area (TPSA) is 27.0 Å². The van der Waals surface area contributed by atoms with Gasteiger partial charge in [0.1, 0.15) is 0 Å². The van der Waals surface area contributed by atoms with E-state index in [1.54, 1.807) is 0 Å². The van der Waals surface area contributed by atoms with Crippen molar-refractivity contribution in [1.29, 1.82) is 5.26 Å². The molecule has 2 aliphatic carbocycles. The molecule has 0 N–H and O–H groups in total. The zero-order valence-electron chi connectivity index (χ0n) is 10.1. The molecule has 2 saturated carbocycles. The van der Waals surface area contributed by atoms with Crippen LogP contribution in [0.3, 0.4) is 0 Å². The van der Waals surface area contributed by atoms with Gasteiger partial charge in [-0.15, -0.1) is 0 Å². The SMILES string of the molecule is N#CC[C@H]1CC[C@H](N2CC3(CCC3)C2)CC1. The molecule has 2 heteroatoms. The Morgan fingerprint density at radius 2 is 1.81 bits per heavy atom. The average Bonchev–Trinajstić information content (AvgIpc) is 2.16. The fourth-order valence-corrected chi connectivity index (χ4v) is 3.91. The van der Waals surface area contributed by atoms with E-state index in [0.717, 1.165) is 17.9 Å². The number of likely N-dealkylation sites (tertiary alicyclic amines) is 1. The molecule has 1 heterocycles. The minimum Gasteiger partial charge on any atom is -0.299 e. The van der Waals surface area contributed by atoms with Crippen LogP contribution >= 0.6 is 0 Å². The van der Waals surface area contributed by atoms with Gasteiger partial charge in [-0.25, -0.2) is 0 Å². The Balaban J connectivity index is 1.43. The smallest absolute Gasteiger partial charge is 0.0624 e. The highest BCUT2D eigenvalue weighted by atomic mass is 15.2. The van der Waals surface area contributed by atoms with E-state index >= 15 is 0 Å². The summed E-state index contributed by atoms with van der Waals surface area (Å²) in [5, 5.41) is 8.70. The largest absolute Gasteiger partial charge is 0.299 e. The van der Waals surface area contributed by atoms with Crippen LogP contribution in [-0.2, 0) is 0 Å². The normalized spacial score (nSPS) is 37.4. The Bertz CT molecular complexity index is 284. The summed E-state index contributed by atoms with van der Waals surface area (Å²) in [6.45, 7) is 2.78. The van der Waals surface area contributed by atoms with Crippen LogP contribution < -0.4 is 0 Å². The van der Waals surface area contributed by atoms with E-state index < -0.39 is 0 Å². The van der Waals surface area contributed by atoms with Gasteiger partial charge in [0.25, 0.3) is 0 Å². The van der Waals surface area contributed by atoms with E-state index in [-0.39, 0.29) is 0 Å². The Morgan fingerprint density at radius 1 is 1.12 bits per heavy atom. The standard InChI is InChI=1S/C14H22N2/c15-9-6-12-2-4-13(5-3-12)16-10-14(11-16)7-1-8-14/h12-13H,1-8,10-11H2/t12-,13-. The fraction of sp³-hybridized carbons (Fsp3) is 0.929. The van der Waals surface area contributed by atoms with E-state index in [1.807, 2.05) is 0 Å². The van der Waals surface area contributed by atoms with Gasteiger partial charge in [0.15, 0.2) is 0 Å². The van der Waals surface area contributed by atoms with E-state index in [1.165, 1.54) is 58.0 Å². The summed E-state index contributed by atoms with van der Waals surface area (Å²) in [4.78, 5) is 2.72. The minimum atomic E-state index is 0.709. The van der Waals surface area contributed by atoms with Crippen molar-refractivity contribution in [1.82, 2.24) is 4.90 Å². The van der Waals surface area contributed by atoms with Crippen molar-refractivity contribution < 1.29 is 0 Å². The van der Waals surface area contributed by atoms with Gasteiger partial charge in [0, 0.05) is 25.6 Å². The molecular weight excluding hydrogens is 196 g/mol. The zero-order valence-corrected chi connectivity index (χ0v) is 10.1. The summed E-state index contributed by atoms with van der Waals surface area (Å²) >= 11 is 0. The third kappa shape index (κ3) is 1.76. The molecule has 0 aromatic rings. The third-order valence-corrected chi connectivity index (χ3v) is 5.20. The van der Waals surface area contributed by atoms with Gasteiger partial charge in [0.2, 0.25) is 0 Å². The van der Waals surface area contributed by atoms with Crippen LogP contribution in [0, 0.1) is 22.7 Å². The number of hydrogen-bond donors (Lipinski definition) is 0. The van der Waals surface area contributed by atoms with E-state index in [0.29, 0.717) is 5.92 Å². The Morgan fingerprint density at radius 3 is 2.31 bits per heavy atom. The van der Waals surface area contributed by atoms with Gasteiger partial charge in [-0.3, -0.25) is 4.90 Å². The first-order chi connectivity index (χ1) is 7.81. The van der Waals surface area contributed by atoms with Crippen molar-refractivity contribution in [3.05, 3.63) is 0 Å². The molecule has 3 fully saturated rings. The molecule has 0 unspecified atom stereocenters. The summed E-state index contributed by atoms with van der Waals surface area (Å²) in [6.07, 6.45) is 10.5. The summed E-state index contributed by atoms with van der Waals surface area (Å²) < 4.78 is 0. The second-order valence-corrected chi connectivity index (χ2v) is 6.30. The van der Waals surface area contributed by atoms with Crippen LogP contribution in [0.4, 0.5) is 0 Å². The molecule has 3 rings (SSSR count). The first kappa shape index (κ1) is 10.6. The first-order valence-electron chi connectivity index (χ1n) is 6.92. The van der Waals surface area contributed by atoms with Crippen molar-refractivity contribution in [2.45, 2.75) is 57.4 Å². The van der Waals surface area contributed by atoms with E-state index in [9.17, 15) is 0 Å². The monoisotopic (exact) mass is 218 g/mol. The number of rotatable bonds is 2. The van der Waals surface area contributed by atoms with Crippen LogP contribution in [-0.4, -0.2) is 24.0 Å². The average molecular weight is 218 g/mol. The van der Waals surface area contributed by atoms with Crippen molar-refractivity contribution in [2.24, 2.45) is 11.3 Å². The molecule has 88 valence electrons. The Labute approximate surface area is 98.6 Å². The number of nitrogens with zero attached hydrogens (tertiary/aromatic N) is 2. The fourth-order valence-electron chi connectivity index (χ4n) is 3.91. The van der Waals surface area contributed by atoms with Crippen molar-refractivity contribution >= 4 is 0 Å². The highest BCUT2D eigenvalue weighted by Crippen LogP contribution is 2.50. The summed E-state index contributed by atoms with van der Waals surface area (Å²) in [5.41, 5.74) is 0.781.